The lowest BCUT2D eigenvalue weighted by Crippen LogP contribution is -2.44. The van der Waals surface area contributed by atoms with E-state index in [9.17, 15) is 8.42 Å². The van der Waals surface area contributed by atoms with Gasteiger partial charge in [0, 0.05) is 43.6 Å². The van der Waals surface area contributed by atoms with Crippen molar-refractivity contribution in [2.45, 2.75) is 24.0 Å². The molecule has 0 unspecified atom stereocenters. The van der Waals surface area contributed by atoms with Crippen molar-refractivity contribution in [2.24, 2.45) is 0 Å². The predicted molar refractivity (Wildman–Crippen MR) is 135 cm³/mol. The highest BCUT2D eigenvalue weighted by atomic mass is 32.2. The minimum Gasteiger partial charge on any atom is -0.369 e. The summed E-state index contributed by atoms with van der Waals surface area (Å²) in [5.41, 5.74) is 5.76. The number of likely N-dealkylation sites (N-methyl/N-ethyl adjacent to an activating group) is 1. The van der Waals surface area contributed by atoms with Crippen LogP contribution in [0, 0.1) is 6.33 Å². The molecule has 1 aliphatic heterocycles. The first-order valence-corrected chi connectivity index (χ1v) is 13.0. The van der Waals surface area contributed by atoms with E-state index in [1.54, 1.807) is 30.5 Å². The van der Waals surface area contributed by atoms with Crippen molar-refractivity contribution in [1.82, 2.24) is 19.5 Å². The van der Waals surface area contributed by atoms with Crippen LogP contribution in [0.1, 0.15) is 13.8 Å². The predicted octanol–water partition coefficient (Wildman–Crippen LogP) is 3.80. The highest BCUT2D eigenvalue weighted by Crippen LogP contribution is 2.36. The van der Waals surface area contributed by atoms with Gasteiger partial charge in [0.05, 0.1) is 10.1 Å². The van der Waals surface area contributed by atoms with Crippen LogP contribution in [0.2, 0.25) is 0 Å². The lowest BCUT2D eigenvalue weighted by atomic mass is 9.95. The van der Waals surface area contributed by atoms with Gasteiger partial charge in [-0.25, -0.2) is 17.9 Å². The molecule has 5 rings (SSSR count). The third-order valence-electron chi connectivity index (χ3n) is 6.54. The van der Waals surface area contributed by atoms with E-state index in [0.29, 0.717) is 10.5 Å². The van der Waals surface area contributed by atoms with Crippen molar-refractivity contribution in [3.63, 3.8) is 0 Å². The van der Waals surface area contributed by atoms with Crippen LogP contribution in [-0.2, 0) is 9.84 Å². The fourth-order valence-electron chi connectivity index (χ4n) is 4.36. The molecule has 3 heterocycles. The third-order valence-corrected chi connectivity index (χ3v) is 8.71. The minimum atomic E-state index is -3.34. The molecule has 0 N–H and O–H groups in total. The van der Waals surface area contributed by atoms with Crippen LogP contribution in [0.3, 0.4) is 0 Å². The maximum atomic E-state index is 12.6. The maximum Gasteiger partial charge on any atom is 0.221 e. The Labute approximate surface area is 200 Å². The van der Waals surface area contributed by atoms with Crippen LogP contribution in [-0.4, -0.2) is 66.4 Å². The number of pyridine rings is 1. The van der Waals surface area contributed by atoms with E-state index in [1.165, 1.54) is 5.69 Å². The number of hydrogen-bond acceptors (Lipinski definition) is 6. The number of fused-ring (bicyclic) bond motifs is 1. The van der Waals surface area contributed by atoms with Gasteiger partial charge in [0.1, 0.15) is 0 Å². The molecule has 4 aromatic rings. The number of anilines is 1. The second-order valence-electron chi connectivity index (χ2n) is 9.04. The summed E-state index contributed by atoms with van der Waals surface area (Å²) in [4.78, 5) is 9.46. The molecule has 0 saturated carbocycles. The molecule has 175 valence electrons. The van der Waals surface area contributed by atoms with E-state index >= 15 is 0 Å². The van der Waals surface area contributed by atoms with E-state index in [-0.39, 0.29) is 0 Å². The van der Waals surface area contributed by atoms with Crippen molar-refractivity contribution in [3.8, 4) is 22.3 Å². The van der Waals surface area contributed by atoms with Crippen LogP contribution in [0.5, 0.6) is 0 Å². The Bertz CT molecular complexity index is 1400. The summed E-state index contributed by atoms with van der Waals surface area (Å²) in [5.74, 6) is 0. The molecule has 0 bridgehead atoms. The van der Waals surface area contributed by atoms with Gasteiger partial charge in [0.15, 0.2) is 15.5 Å². The first-order chi connectivity index (χ1) is 16.3. The van der Waals surface area contributed by atoms with Crippen molar-refractivity contribution >= 4 is 21.2 Å². The Morgan fingerprint density at radius 1 is 0.882 bits per heavy atom. The van der Waals surface area contributed by atoms with E-state index < -0.39 is 15.1 Å². The molecule has 1 saturated heterocycles. The lowest BCUT2D eigenvalue weighted by molar-refractivity contribution is 0.313. The lowest BCUT2D eigenvalue weighted by Gasteiger charge is -2.34. The SMILES string of the molecule is CC(C)S(=O)(=O)c1ccc(-c2c(-c3ccc(N4CCN(C)CC4)cc3)ccn3n[c]nc23)cc1. The summed E-state index contributed by atoms with van der Waals surface area (Å²) in [6.07, 6.45) is 4.57. The van der Waals surface area contributed by atoms with Gasteiger partial charge in [-0.05, 0) is 67.9 Å². The number of sulfone groups is 1. The molecule has 34 heavy (non-hydrogen) atoms. The summed E-state index contributed by atoms with van der Waals surface area (Å²) in [5, 5.41) is 3.70. The van der Waals surface area contributed by atoms with Crippen LogP contribution >= 0.6 is 0 Å². The Kier molecular flexibility index (Phi) is 5.87. The molecular formula is C26H28N5O2S. The number of hydrogen-bond donors (Lipinski definition) is 0. The van der Waals surface area contributed by atoms with E-state index in [2.05, 4.69) is 57.5 Å². The molecule has 7 nitrogen and oxygen atoms in total. The van der Waals surface area contributed by atoms with Crippen LogP contribution < -0.4 is 4.90 Å². The maximum absolute atomic E-state index is 12.6. The molecule has 0 amide bonds. The summed E-state index contributed by atoms with van der Waals surface area (Å²) in [6.45, 7) is 7.56. The average Bonchev–Trinajstić information content (AvgIpc) is 3.33. The standard InChI is InChI=1S/C26H28N5O2S/c1-19(2)34(32,33)23-10-6-21(7-11-23)25-24(12-13-31-26(25)27-18-28-31)20-4-8-22(9-5-20)30-16-14-29(3)15-17-30/h4-13,19H,14-17H2,1-3H3. The number of rotatable bonds is 5. The normalized spacial score (nSPS) is 15.4. The highest BCUT2D eigenvalue weighted by molar-refractivity contribution is 7.92. The largest absolute Gasteiger partial charge is 0.369 e. The fraction of sp³-hybridized carbons (Fsp3) is 0.308. The van der Waals surface area contributed by atoms with E-state index in [0.717, 1.165) is 48.4 Å². The van der Waals surface area contributed by atoms with Crippen LogP contribution in [0.4, 0.5) is 5.69 Å². The topological polar surface area (TPSA) is 70.8 Å². The van der Waals surface area contributed by atoms with Gasteiger partial charge in [-0.2, -0.15) is 0 Å². The van der Waals surface area contributed by atoms with Gasteiger partial charge >= 0.3 is 0 Å². The van der Waals surface area contributed by atoms with Gasteiger partial charge in [-0.1, -0.05) is 24.3 Å². The zero-order valence-corrected chi connectivity index (χ0v) is 20.5. The quantitative estimate of drug-likeness (QED) is 0.438. The Hall–Kier alpha value is -3.23. The summed E-state index contributed by atoms with van der Waals surface area (Å²) in [6, 6.07) is 17.7. The molecule has 0 atom stereocenters. The Balaban J connectivity index is 1.55. The third kappa shape index (κ3) is 4.08. The fourth-order valence-corrected chi connectivity index (χ4v) is 5.42. The van der Waals surface area contributed by atoms with Crippen LogP contribution in [0.25, 0.3) is 27.9 Å². The number of nitrogens with zero attached hydrogens (tertiary/aromatic N) is 5. The Morgan fingerprint density at radius 3 is 2.18 bits per heavy atom. The van der Waals surface area contributed by atoms with Gasteiger partial charge in [0.2, 0.25) is 6.33 Å². The molecule has 1 fully saturated rings. The van der Waals surface area contributed by atoms with Crippen LogP contribution in [0.15, 0.2) is 65.7 Å². The summed E-state index contributed by atoms with van der Waals surface area (Å²) < 4.78 is 26.9. The number of benzene rings is 2. The first-order valence-electron chi connectivity index (χ1n) is 11.5. The zero-order valence-electron chi connectivity index (χ0n) is 19.6. The monoisotopic (exact) mass is 474 g/mol. The van der Waals surface area contributed by atoms with Gasteiger partial charge in [-0.15, -0.1) is 5.10 Å². The molecule has 8 heteroatoms. The minimum absolute atomic E-state index is 0.323. The van der Waals surface area contributed by atoms with E-state index in [4.69, 9.17) is 0 Å². The molecule has 0 spiro atoms. The summed E-state index contributed by atoms with van der Waals surface area (Å²) in [7, 11) is -1.18. The highest BCUT2D eigenvalue weighted by Gasteiger charge is 2.21. The molecule has 2 aromatic carbocycles. The number of aromatic nitrogens is 3. The molecule has 0 aliphatic carbocycles. The first kappa shape index (κ1) is 22.6. The molecule has 1 aliphatic rings. The van der Waals surface area contributed by atoms with Crippen molar-refractivity contribution in [2.75, 3.05) is 38.1 Å². The average molecular weight is 475 g/mol. The number of piperazine rings is 1. The smallest absolute Gasteiger partial charge is 0.221 e. The van der Waals surface area contributed by atoms with Crippen molar-refractivity contribution in [3.05, 3.63) is 67.1 Å². The van der Waals surface area contributed by atoms with Crippen molar-refractivity contribution < 1.29 is 8.42 Å². The zero-order chi connectivity index (χ0) is 23.9. The molecule has 2 aromatic heterocycles. The van der Waals surface area contributed by atoms with E-state index in [1.807, 2.05) is 24.4 Å². The second kappa shape index (κ2) is 8.85. The van der Waals surface area contributed by atoms with Crippen molar-refractivity contribution in [1.29, 1.82) is 0 Å². The summed E-state index contributed by atoms with van der Waals surface area (Å²) >= 11 is 0. The second-order valence-corrected chi connectivity index (χ2v) is 11.5. The van der Waals surface area contributed by atoms with Gasteiger partial charge in [-0.3, -0.25) is 0 Å². The van der Waals surface area contributed by atoms with Gasteiger partial charge in [0.25, 0.3) is 0 Å². The molecule has 1 radical (unpaired) electrons. The molecular weight excluding hydrogens is 446 g/mol. The Morgan fingerprint density at radius 2 is 1.53 bits per heavy atom. The van der Waals surface area contributed by atoms with Gasteiger partial charge < -0.3 is 9.80 Å².